The average molecular weight is 355 g/mol. The van der Waals surface area contributed by atoms with Crippen molar-refractivity contribution < 1.29 is 14.7 Å². The minimum atomic E-state index is -0.825. The van der Waals surface area contributed by atoms with Gasteiger partial charge in [-0.25, -0.2) is 0 Å². The summed E-state index contributed by atoms with van der Waals surface area (Å²) in [5.41, 5.74) is 5.97. The highest BCUT2D eigenvalue weighted by molar-refractivity contribution is 9.10. The molecule has 0 saturated carbocycles. The molecule has 21 heavy (non-hydrogen) atoms. The number of aliphatic carboxylic acids is 1. The molecule has 1 amide bonds. The molecule has 1 unspecified atom stereocenters. The monoisotopic (exact) mass is 354 g/mol. The topological polar surface area (TPSA) is 83.6 Å². The van der Waals surface area contributed by atoms with Gasteiger partial charge in [0.25, 0.3) is 5.91 Å². The number of carbonyl (C=O) groups excluding carboxylic acids is 1. The van der Waals surface area contributed by atoms with E-state index in [1.807, 2.05) is 6.92 Å². The number of carboxylic acids is 1. The highest BCUT2D eigenvalue weighted by Gasteiger charge is 2.42. The number of halogens is 1. The Hall–Kier alpha value is -1.56. The molecule has 1 aromatic carbocycles. The van der Waals surface area contributed by atoms with E-state index in [1.54, 1.807) is 23.1 Å². The van der Waals surface area contributed by atoms with E-state index in [-0.39, 0.29) is 12.5 Å². The largest absolute Gasteiger partial charge is 0.481 e. The van der Waals surface area contributed by atoms with Gasteiger partial charge in [0, 0.05) is 28.8 Å². The molecule has 1 aromatic rings. The minimum Gasteiger partial charge on any atom is -0.481 e. The second kappa shape index (κ2) is 6.05. The molecular formula is C15H19BrN2O3. The number of likely N-dealkylation sites (tertiary alicyclic amines) is 1. The number of benzene rings is 1. The lowest BCUT2D eigenvalue weighted by Crippen LogP contribution is -2.49. The van der Waals surface area contributed by atoms with Crippen molar-refractivity contribution in [2.45, 2.75) is 26.2 Å². The summed E-state index contributed by atoms with van der Waals surface area (Å²) in [5, 5.41) is 9.48. The van der Waals surface area contributed by atoms with Gasteiger partial charge in [-0.05, 0) is 53.4 Å². The number of anilines is 1. The summed E-state index contributed by atoms with van der Waals surface area (Å²) in [6.45, 7) is 2.71. The van der Waals surface area contributed by atoms with Crippen molar-refractivity contribution in [3.63, 3.8) is 0 Å². The molecule has 1 fully saturated rings. The Bertz CT molecular complexity index is 576. The van der Waals surface area contributed by atoms with E-state index in [9.17, 15) is 14.7 Å². The van der Waals surface area contributed by atoms with Crippen LogP contribution >= 0.6 is 15.9 Å². The predicted molar refractivity (Wildman–Crippen MR) is 84.1 cm³/mol. The Balaban J connectivity index is 2.22. The summed E-state index contributed by atoms with van der Waals surface area (Å²) in [6.07, 6.45) is 1.84. The summed E-state index contributed by atoms with van der Waals surface area (Å²) in [7, 11) is 0. The Morgan fingerprint density at radius 1 is 1.48 bits per heavy atom. The number of amides is 1. The molecule has 0 bridgehead atoms. The van der Waals surface area contributed by atoms with Gasteiger partial charge in [-0.2, -0.15) is 0 Å². The molecule has 1 heterocycles. The van der Waals surface area contributed by atoms with Crippen LogP contribution in [-0.4, -0.2) is 35.0 Å². The van der Waals surface area contributed by atoms with Crippen molar-refractivity contribution in [3.05, 3.63) is 28.2 Å². The van der Waals surface area contributed by atoms with Crippen LogP contribution in [0, 0.1) is 5.41 Å². The molecule has 114 valence electrons. The van der Waals surface area contributed by atoms with Gasteiger partial charge in [0.15, 0.2) is 0 Å². The Labute approximate surface area is 132 Å². The van der Waals surface area contributed by atoms with Crippen molar-refractivity contribution in [2.75, 3.05) is 18.8 Å². The van der Waals surface area contributed by atoms with Crippen LogP contribution in [0.15, 0.2) is 22.7 Å². The van der Waals surface area contributed by atoms with Gasteiger partial charge in [-0.1, -0.05) is 6.92 Å². The molecule has 2 rings (SSSR count). The van der Waals surface area contributed by atoms with Crippen molar-refractivity contribution >= 4 is 33.5 Å². The first-order chi connectivity index (χ1) is 9.89. The smallest absolute Gasteiger partial charge is 0.311 e. The minimum absolute atomic E-state index is 0.159. The number of nitrogens with zero attached hydrogens (tertiary/aromatic N) is 1. The third kappa shape index (κ3) is 3.05. The summed E-state index contributed by atoms with van der Waals surface area (Å²) in [6, 6.07) is 5.05. The van der Waals surface area contributed by atoms with Gasteiger partial charge in [0.05, 0.1) is 5.41 Å². The van der Waals surface area contributed by atoms with E-state index in [1.165, 1.54) is 0 Å². The van der Waals surface area contributed by atoms with Gasteiger partial charge in [0.1, 0.15) is 0 Å². The first-order valence-electron chi connectivity index (χ1n) is 6.97. The zero-order chi connectivity index (χ0) is 15.6. The maximum Gasteiger partial charge on any atom is 0.311 e. The van der Waals surface area contributed by atoms with E-state index in [2.05, 4.69) is 15.9 Å². The van der Waals surface area contributed by atoms with Crippen LogP contribution in [0.3, 0.4) is 0 Å². The predicted octanol–water partition coefficient (Wildman–Crippen LogP) is 2.75. The summed E-state index contributed by atoms with van der Waals surface area (Å²) in [5.74, 6) is -0.981. The molecule has 0 spiro atoms. The molecule has 1 aliphatic heterocycles. The Morgan fingerprint density at radius 3 is 2.76 bits per heavy atom. The lowest BCUT2D eigenvalue weighted by atomic mass is 9.77. The van der Waals surface area contributed by atoms with Crippen LogP contribution in [0.5, 0.6) is 0 Å². The molecule has 3 N–H and O–H groups in total. The van der Waals surface area contributed by atoms with E-state index < -0.39 is 11.4 Å². The number of rotatable bonds is 3. The second-order valence-corrected chi connectivity index (χ2v) is 6.36. The van der Waals surface area contributed by atoms with E-state index in [0.29, 0.717) is 37.1 Å². The summed E-state index contributed by atoms with van der Waals surface area (Å²) >= 11 is 3.30. The Morgan fingerprint density at radius 2 is 2.19 bits per heavy atom. The lowest BCUT2D eigenvalue weighted by Gasteiger charge is -2.39. The lowest BCUT2D eigenvalue weighted by molar-refractivity contribution is -0.152. The number of hydrogen-bond acceptors (Lipinski definition) is 3. The third-order valence-electron chi connectivity index (χ3n) is 4.24. The second-order valence-electron chi connectivity index (χ2n) is 5.51. The first-order valence-corrected chi connectivity index (χ1v) is 7.76. The number of piperidine rings is 1. The number of carbonyl (C=O) groups is 2. The first kappa shape index (κ1) is 15.8. The molecule has 6 heteroatoms. The van der Waals surface area contributed by atoms with Crippen LogP contribution in [0.25, 0.3) is 0 Å². The van der Waals surface area contributed by atoms with Crippen LogP contribution in [0.1, 0.15) is 36.5 Å². The highest BCUT2D eigenvalue weighted by atomic mass is 79.9. The molecule has 1 atom stereocenters. The molecule has 0 radical (unpaired) electrons. The van der Waals surface area contributed by atoms with Crippen molar-refractivity contribution in [1.82, 2.24) is 4.90 Å². The molecular weight excluding hydrogens is 336 g/mol. The van der Waals surface area contributed by atoms with Crippen LogP contribution in [0.4, 0.5) is 5.69 Å². The average Bonchev–Trinajstić information content (AvgIpc) is 2.49. The summed E-state index contributed by atoms with van der Waals surface area (Å²) < 4.78 is 0.742. The van der Waals surface area contributed by atoms with Crippen molar-refractivity contribution in [3.8, 4) is 0 Å². The fraction of sp³-hybridized carbons (Fsp3) is 0.467. The van der Waals surface area contributed by atoms with E-state index in [4.69, 9.17) is 5.73 Å². The van der Waals surface area contributed by atoms with Crippen LogP contribution in [0.2, 0.25) is 0 Å². The quantitative estimate of drug-likeness (QED) is 0.817. The van der Waals surface area contributed by atoms with Gasteiger partial charge in [0.2, 0.25) is 0 Å². The molecule has 1 aliphatic rings. The van der Waals surface area contributed by atoms with Gasteiger partial charge < -0.3 is 15.7 Å². The molecule has 0 aromatic heterocycles. The van der Waals surface area contributed by atoms with Crippen LogP contribution in [-0.2, 0) is 4.79 Å². The van der Waals surface area contributed by atoms with Gasteiger partial charge in [-0.3, -0.25) is 9.59 Å². The number of hydrogen-bond donors (Lipinski definition) is 2. The molecule has 5 nitrogen and oxygen atoms in total. The molecule has 0 aliphatic carbocycles. The van der Waals surface area contributed by atoms with Crippen molar-refractivity contribution in [1.29, 1.82) is 0 Å². The maximum atomic E-state index is 12.6. The van der Waals surface area contributed by atoms with Gasteiger partial charge in [-0.15, -0.1) is 0 Å². The SMILES string of the molecule is CCC1(C(=O)O)CCCN(C(=O)c2ccc(Br)c(N)c2)C1. The van der Waals surface area contributed by atoms with Crippen molar-refractivity contribution in [2.24, 2.45) is 5.41 Å². The zero-order valence-corrected chi connectivity index (χ0v) is 13.5. The normalized spacial score (nSPS) is 22.1. The highest BCUT2D eigenvalue weighted by Crippen LogP contribution is 2.34. The van der Waals surface area contributed by atoms with Crippen LogP contribution < -0.4 is 5.73 Å². The van der Waals surface area contributed by atoms with E-state index in [0.717, 1.165) is 4.47 Å². The number of nitrogens with two attached hydrogens (primary N) is 1. The maximum absolute atomic E-state index is 12.6. The standard InChI is InChI=1S/C15H19BrN2O3/c1-2-15(14(20)21)6-3-7-18(9-15)13(19)10-4-5-11(16)12(17)8-10/h4-5,8H,2-3,6-7,9,17H2,1H3,(H,20,21). The fourth-order valence-corrected chi connectivity index (χ4v) is 3.03. The third-order valence-corrected chi connectivity index (χ3v) is 4.96. The number of nitrogen functional groups attached to an aromatic ring is 1. The molecule has 1 saturated heterocycles. The Kier molecular flexibility index (Phi) is 4.56. The van der Waals surface area contributed by atoms with E-state index >= 15 is 0 Å². The van der Waals surface area contributed by atoms with Gasteiger partial charge >= 0.3 is 5.97 Å². The fourth-order valence-electron chi connectivity index (χ4n) is 2.78. The summed E-state index contributed by atoms with van der Waals surface area (Å²) in [4.78, 5) is 25.7. The number of carboxylic acid groups (broad SMARTS) is 1. The zero-order valence-electron chi connectivity index (χ0n) is 11.9.